The van der Waals surface area contributed by atoms with Crippen molar-refractivity contribution in [1.82, 2.24) is 10.2 Å². The van der Waals surface area contributed by atoms with Crippen molar-refractivity contribution >= 4 is 11.6 Å². The van der Waals surface area contributed by atoms with Crippen LogP contribution >= 0.6 is 0 Å². The number of hydrogen-bond donors (Lipinski definition) is 2. The van der Waals surface area contributed by atoms with E-state index in [0.29, 0.717) is 6.54 Å². The number of likely N-dealkylation sites (tertiary alicyclic amines) is 1. The van der Waals surface area contributed by atoms with E-state index in [2.05, 4.69) is 10.2 Å². The number of carbonyl (C=O) groups is 1. The van der Waals surface area contributed by atoms with E-state index in [4.69, 9.17) is 5.73 Å². The summed E-state index contributed by atoms with van der Waals surface area (Å²) in [5, 5.41) is 2.70. The van der Waals surface area contributed by atoms with Crippen LogP contribution in [-0.4, -0.2) is 36.5 Å². The summed E-state index contributed by atoms with van der Waals surface area (Å²) in [6, 6.07) is 1.59. The molecule has 0 bridgehead atoms. The Morgan fingerprint density at radius 1 is 1.33 bits per heavy atom. The van der Waals surface area contributed by atoms with Gasteiger partial charge < -0.3 is 16.0 Å². The van der Waals surface area contributed by atoms with Crippen molar-refractivity contribution in [3.8, 4) is 0 Å². The number of nitrogens with one attached hydrogen (secondary N) is 1. The second-order valence-corrected chi connectivity index (χ2v) is 5.59. The Hall–Kier alpha value is -1.69. The van der Waals surface area contributed by atoms with Crippen LogP contribution in [0.25, 0.3) is 0 Å². The monoisotopic (exact) mass is 297 g/mol. The van der Waals surface area contributed by atoms with Crippen LogP contribution < -0.4 is 11.1 Å². The molecule has 6 heteroatoms. The summed E-state index contributed by atoms with van der Waals surface area (Å²) in [4.78, 5) is 14.3. The molecule has 1 fully saturated rings. The molecule has 2 rings (SSSR count). The number of amides is 1. The van der Waals surface area contributed by atoms with E-state index in [9.17, 15) is 13.6 Å². The molecule has 116 valence electrons. The Balaban J connectivity index is 1.97. The minimum atomic E-state index is -0.876. The maximum atomic E-state index is 13.8. The van der Waals surface area contributed by atoms with Gasteiger partial charge in [0, 0.05) is 12.6 Å². The van der Waals surface area contributed by atoms with Gasteiger partial charge in [0.05, 0.1) is 11.3 Å². The van der Waals surface area contributed by atoms with Crippen molar-refractivity contribution in [3.05, 3.63) is 29.3 Å². The van der Waals surface area contributed by atoms with Crippen LogP contribution in [0.1, 0.15) is 36.5 Å². The van der Waals surface area contributed by atoms with Gasteiger partial charge in [0.25, 0.3) is 5.91 Å². The Kier molecular flexibility index (Phi) is 5.12. The smallest absolute Gasteiger partial charge is 0.254 e. The first-order valence-electron chi connectivity index (χ1n) is 7.25. The third-order valence-electron chi connectivity index (χ3n) is 3.67. The summed E-state index contributed by atoms with van der Waals surface area (Å²) in [5.41, 5.74) is 4.63. The third kappa shape index (κ3) is 4.14. The summed E-state index contributed by atoms with van der Waals surface area (Å²) < 4.78 is 27.0. The predicted molar refractivity (Wildman–Crippen MR) is 78.0 cm³/mol. The average Bonchev–Trinajstić information content (AvgIpc) is 2.43. The molecule has 0 aliphatic carbocycles. The van der Waals surface area contributed by atoms with Gasteiger partial charge in [-0.2, -0.15) is 0 Å². The zero-order valence-corrected chi connectivity index (χ0v) is 12.2. The molecule has 1 atom stereocenters. The van der Waals surface area contributed by atoms with Crippen molar-refractivity contribution in [3.63, 3.8) is 0 Å². The van der Waals surface area contributed by atoms with E-state index in [1.807, 2.05) is 6.92 Å². The summed E-state index contributed by atoms with van der Waals surface area (Å²) in [7, 11) is 0. The largest absolute Gasteiger partial charge is 0.396 e. The lowest BCUT2D eigenvalue weighted by Gasteiger charge is -2.29. The van der Waals surface area contributed by atoms with E-state index in [0.717, 1.165) is 38.1 Å². The fourth-order valence-electron chi connectivity index (χ4n) is 2.65. The molecule has 1 aromatic rings. The van der Waals surface area contributed by atoms with Crippen molar-refractivity contribution in [2.75, 3.05) is 25.4 Å². The molecule has 3 N–H and O–H groups in total. The number of rotatable bonds is 4. The van der Waals surface area contributed by atoms with Crippen LogP contribution in [0, 0.1) is 11.6 Å². The minimum absolute atomic E-state index is 0.139. The molecule has 1 aromatic carbocycles. The maximum Gasteiger partial charge on any atom is 0.254 e. The van der Waals surface area contributed by atoms with Crippen LogP contribution in [0.3, 0.4) is 0 Å². The molecule has 4 nitrogen and oxygen atoms in total. The number of halogens is 2. The fraction of sp³-hybridized carbons (Fsp3) is 0.533. The van der Waals surface area contributed by atoms with Gasteiger partial charge in [-0.3, -0.25) is 4.79 Å². The summed E-state index contributed by atoms with van der Waals surface area (Å²) in [6.07, 6.45) is 3.57. The Morgan fingerprint density at radius 3 is 2.67 bits per heavy atom. The normalized spacial score (nSPS) is 17.5. The molecule has 1 amide bonds. The SMILES string of the molecule is CC(CN1CCCCC1)NC(=O)c1cc(F)cc(N)c1F. The molecular weight excluding hydrogens is 276 g/mol. The van der Waals surface area contributed by atoms with Gasteiger partial charge in [0.2, 0.25) is 0 Å². The predicted octanol–water partition coefficient (Wildman–Crippen LogP) is 2.15. The van der Waals surface area contributed by atoms with Crippen LogP contribution in [0.4, 0.5) is 14.5 Å². The summed E-state index contributed by atoms with van der Waals surface area (Å²) in [5.74, 6) is -2.23. The van der Waals surface area contributed by atoms with E-state index < -0.39 is 17.5 Å². The lowest BCUT2D eigenvalue weighted by Crippen LogP contribution is -2.43. The first kappa shape index (κ1) is 15.7. The van der Waals surface area contributed by atoms with Gasteiger partial charge in [-0.05, 0) is 45.0 Å². The standard InChI is InChI=1S/C15H21F2N3O/c1-10(9-20-5-3-2-4-6-20)19-15(21)12-7-11(16)8-13(18)14(12)17/h7-8,10H,2-6,9,18H2,1H3,(H,19,21). The minimum Gasteiger partial charge on any atom is -0.396 e. The van der Waals surface area contributed by atoms with Gasteiger partial charge in [-0.1, -0.05) is 6.42 Å². The molecule has 0 aromatic heterocycles. The highest BCUT2D eigenvalue weighted by Crippen LogP contribution is 2.17. The molecule has 1 aliphatic rings. The Morgan fingerprint density at radius 2 is 2.00 bits per heavy atom. The number of carbonyl (C=O) groups excluding carboxylic acids is 1. The van der Waals surface area contributed by atoms with Gasteiger partial charge in [0.15, 0.2) is 5.82 Å². The molecule has 0 spiro atoms. The number of nitrogens with zero attached hydrogens (tertiary/aromatic N) is 1. The molecule has 1 unspecified atom stereocenters. The van der Waals surface area contributed by atoms with Gasteiger partial charge in [-0.15, -0.1) is 0 Å². The van der Waals surface area contributed by atoms with Gasteiger partial charge in [-0.25, -0.2) is 8.78 Å². The number of benzene rings is 1. The van der Waals surface area contributed by atoms with Crippen molar-refractivity contribution < 1.29 is 13.6 Å². The quantitative estimate of drug-likeness (QED) is 0.837. The van der Waals surface area contributed by atoms with Gasteiger partial charge >= 0.3 is 0 Å². The topological polar surface area (TPSA) is 58.4 Å². The third-order valence-corrected chi connectivity index (χ3v) is 3.67. The molecule has 0 saturated carbocycles. The molecule has 1 heterocycles. The second kappa shape index (κ2) is 6.85. The van der Waals surface area contributed by atoms with E-state index in [1.165, 1.54) is 6.42 Å². The number of anilines is 1. The zero-order valence-electron chi connectivity index (χ0n) is 12.2. The number of nitrogen functional groups attached to an aromatic ring is 1. The maximum absolute atomic E-state index is 13.8. The molecule has 1 saturated heterocycles. The first-order chi connectivity index (χ1) is 9.97. The van der Waals surface area contributed by atoms with Crippen molar-refractivity contribution in [2.24, 2.45) is 0 Å². The molecule has 21 heavy (non-hydrogen) atoms. The summed E-state index contributed by atoms with van der Waals surface area (Å²) >= 11 is 0. The van der Waals surface area contributed by atoms with E-state index in [1.54, 1.807) is 0 Å². The van der Waals surface area contributed by atoms with Gasteiger partial charge in [0.1, 0.15) is 5.82 Å². The lowest BCUT2D eigenvalue weighted by atomic mass is 10.1. The van der Waals surface area contributed by atoms with E-state index >= 15 is 0 Å². The van der Waals surface area contributed by atoms with Crippen LogP contribution in [0.15, 0.2) is 12.1 Å². The summed E-state index contributed by atoms with van der Waals surface area (Å²) in [6.45, 7) is 4.59. The van der Waals surface area contributed by atoms with Crippen molar-refractivity contribution in [1.29, 1.82) is 0 Å². The van der Waals surface area contributed by atoms with Crippen LogP contribution in [0.5, 0.6) is 0 Å². The zero-order chi connectivity index (χ0) is 15.4. The fourth-order valence-corrected chi connectivity index (χ4v) is 2.65. The highest BCUT2D eigenvalue weighted by atomic mass is 19.1. The first-order valence-corrected chi connectivity index (χ1v) is 7.25. The van der Waals surface area contributed by atoms with Crippen LogP contribution in [0.2, 0.25) is 0 Å². The Bertz CT molecular complexity index is 516. The van der Waals surface area contributed by atoms with E-state index in [-0.39, 0.29) is 17.3 Å². The molecule has 0 radical (unpaired) electrons. The number of piperidine rings is 1. The highest BCUT2D eigenvalue weighted by Gasteiger charge is 2.19. The average molecular weight is 297 g/mol. The number of nitrogens with two attached hydrogens (primary N) is 1. The number of hydrogen-bond acceptors (Lipinski definition) is 3. The Labute approximate surface area is 123 Å². The molecule has 1 aliphatic heterocycles. The second-order valence-electron chi connectivity index (χ2n) is 5.59. The van der Waals surface area contributed by atoms with Crippen molar-refractivity contribution in [2.45, 2.75) is 32.2 Å². The lowest BCUT2D eigenvalue weighted by molar-refractivity contribution is 0.0921. The van der Waals surface area contributed by atoms with Crippen LogP contribution in [-0.2, 0) is 0 Å². The molecular formula is C15H21F2N3O. The highest BCUT2D eigenvalue weighted by molar-refractivity contribution is 5.95.